The van der Waals surface area contributed by atoms with Crippen molar-refractivity contribution in [2.45, 2.75) is 45.3 Å². The summed E-state index contributed by atoms with van der Waals surface area (Å²) in [7, 11) is 3.63. The van der Waals surface area contributed by atoms with Gasteiger partial charge in [-0.15, -0.1) is 0 Å². The molecule has 1 N–H and O–H groups in total. The number of alkyl halides is 3. The zero-order valence-electron chi connectivity index (χ0n) is 28.9. The molecule has 0 spiro atoms. The number of ether oxygens (including phenoxy) is 2. The number of halogens is 4. The summed E-state index contributed by atoms with van der Waals surface area (Å²) < 4.78 is 66.1. The first-order chi connectivity index (χ1) is 23.9. The molecule has 1 atom stereocenters. The smallest absolute Gasteiger partial charge is 0.416 e. The summed E-state index contributed by atoms with van der Waals surface area (Å²) in [5.41, 5.74) is 2.74. The minimum atomic E-state index is -4.71. The van der Waals surface area contributed by atoms with Crippen LogP contribution in [0.2, 0.25) is 0 Å². The molecule has 3 heterocycles. The molecule has 0 amide bonds. The summed E-state index contributed by atoms with van der Waals surface area (Å²) in [5, 5.41) is 0. The van der Waals surface area contributed by atoms with E-state index in [1.54, 1.807) is 13.2 Å². The van der Waals surface area contributed by atoms with Crippen molar-refractivity contribution in [2.24, 2.45) is 5.41 Å². The molecule has 1 unspecified atom stereocenters. The normalized spacial score (nSPS) is 17.4. The second-order valence-corrected chi connectivity index (χ2v) is 13.6. The fourth-order valence-corrected chi connectivity index (χ4v) is 7.21. The predicted molar refractivity (Wildman–Crippen MR) is 184 cm³/mol. The van der Waals surface area contributed by atoms with Crippen molar-refractivity contribution in [3.05, 3.63) is 65.5 Å². The number of hydrogen-bond donors (Lipinski definition) is 1. The van der Waals surface area contributed by atoms with Gasteiger partial charge in [-0.2, -0.15) is 13.2 Å². The lowest BCUT2D eigenvalue weighted by Gasteiger charge is -2.44. The highest BCUT2D eigenvalue weighted by atomic mass is 19.4. The minimum Gasteiger partial charge on any atom is -0.465 e. The largest absolute Gasteiger partial charge is 0.465 e. The minimum absolute atomic E-state index is 0.0220. The number of benzene rings is 2. The van der Waals surface area contributed by atoms with Gasteiger partial charge in [0.1, 0.15) is 17.2 Å². The standard InChI is InChI=1S/C37H44F4N6O3/c1-5-50-32(48)21-46-13-15-47(16-14-46)24(2)25-7-9-26(10-8-25)34-43-33-31(45(3)22-36(23-49-4)11-6-12-36)20-30(42-35(33)44-34)27-17-28(37(39,40)41)19-29(38)18-27/h7-10,17-20,24H,5-6,11-16,21-23H2,1-4H3,(H,42,43,44). The molecular formula is C37H44F4N6O3. The maximum absolute atomic E-state index is 14.5. The lowest BCUT2D eigenvalue weighted by atomic mass is 9.69. The van der Waals surface area contributed by atoms with Crippen LogP contribution >= 0.6 is 0 Å². The van der Waals surface area contributed by atoms with Crippen LogP contribution in [-0.2, 0) is 20.4 Å². The Labute approximate surface area is 289 Å². The number of nitrogens with one attached hydrogen (secondary N) is 1. The number of nitrogens with zero attached hydrogens (tertiary/aromatic N) is 5. The van der Waals surface area contributed by atoms with E-state index in [2.05, 4.69) is 43.7 Å². The number of methoxy groups -OCH3 is 1. The Morgan fingerprint density at radius 1 is 1.04 bits per heavy atom. The first-order valence-corrected chi connectivity index (χ1v) is 17.1. The number of anilines is 1. The Morgan fingerprint density at radius 2 is 1.76 bits per heavy atom. The molecule has 2 fully saturated rings. The summed E-state index contributed by atoms with van der Waals surface area (Å²) in [6.07, 6.45) is -1.59. The number of imidazole rings is 1. The third-order valence-corrected chi connectivity index (χ3v) is 10.1. The Kier molecular flexibility index (Phi) is 10.5. The summed E-state index contributed by atoms with van der Waals surface area (Å²) in [5.74, 6) is -0.620. The van der Waals surface area contributed by atoms with Crippen molar-refractivity contribution >= 4 is 22.8 Å². The van der Waals surface area contributed by atoms with Crippen molar-refractivity contribution in [1.29, 1.82) is 0 Å². The number of H-pyrrole nitrogens is 1. The molecule has 50 heavy (non-hydrogen) atoms. The molecule has 4 aromatic rings. The fourth-order valence-electron chi connectivity index (χ4n) is 7.21. The maximum Gasteiger partial charge on any atom is 0.416 e. The maximum atomic E-state index is 14.5. The lowest BCUT2D eigenvalue weighted by Crippen LogP contribution is -2.48. The predicted octanol–water partition coefficient (Wildman–Crippen LogP) is 6.94. The molecule has 268 valence electrons. The van der Waals surface area contributed by atoms with E-state index >= 15 is 0 Å². The van der Waals surface area contributed by atoms with E-state index in [0.717, 1.165) is 68.7 Å². The molecule has 2 aromatic heterocycles. The molecule has 6 rings (SSSR count). The van der Waals surface area contributed by atoms with Crippen LogP contribution in [0.5, 0.6) is 0 Å². The number of fused-ring (bicyclic) bond motifs is 1. The number of hydrogen-bond acceptors (Lipinski definition) is 8. The van der Waals surface area contributed by atoms with Gasteiger partial charge in [0, 0.05) is 69.5 Å². The van der Waals surface area contributed by atoms with Gasteiger partial charge in [0.05, 0.1) is 36.7 Å². The zero-order chi connectivity index (χ0) is 35.6. The molecule has 13 heteroatoms. The highest BCUT2D eigenvalue weighted by Crippen LogP contribution is 2.43. The summed E-state index contributed by atoms with van der Waals surface area (Å²) in [6.45, 7) is 9.15. The van der Waals surface area contributed by atoms with Gasteiger partial charge in [0.25, 0.3) is 0 Å². The number of esters is 1. The lowest BCUT2D eigenvalue weighted by molar-refractivity contribution is -0.145. The van der Waals surface area contributed by atoms with E-state index in [9.17, 15) is 22.4 Å². The first-order valence-electron chi connectivity index (χ1n) is 17.1. The van der Waals surface area contributed by atoms with Crippen molar-refractivity contribution < 1.29 is 31.8 Å². The van der Waals surface area contributed by atoms with Gasteiger partial charge >= 0.3 is 12.1 Å². The van der Waals surface area contributed by atoms with Gasteiger partial charge in [-0.05, 0) is 56.5 Å². The summed E-state index contributed by atoms with van der Waals surface area (Å²) in [4.78, 5) is 31.3. The van der Waals surface area contributed by atoms with Crippen LogP contribution in [0.3, 0.4) is 0 Å². The summed E-state index contributed by atoms with van der Waals surface area (Å²) >= 11 is 0. The second kappa shape index (κ2) is 14.7. The molecule has 1 saturated carbocycles. The van der Waals surface area contributed by atoms with Gasteiger partial charge in [-0.25, -0.2) is 14.4 Å². The Hall–Kier alpha value is -4.07. The third kappa shape index (κ3) is 7.79. The number of carbonyl (C=O) groups excluding carboxylic acids is 1. The van der Waals surface area contributed by atoms with Crippen LogP contribution < -0.4 is 4.90 Å². The highest BCUT2D eigenvalue weighted by Gasteiger charge is 2.38. The number of pyridine rings is 1. The van der Waals surface area contributed by atoms with Crippen LogP contribution in [0, 0.1) is 11.2 Å². The van der Waals surface area contributed by atoms with Gasteiger partial charge in [0.15, 0.2) is 5.65 Å². The molecule has 2 aromatic carbocycles. The van der Waals surface area contributed by atoms with Gasteiger partial charge in [-0.1, -0.05) is 30.7 Å². The van der Waals surface area contributed by atoms with Crippen LogP contribution in [0.25, 0.3) is 33.8 Å². The van der Waals surface area contributed by atoms with Gasteiger partial charge in [-0.3, -0.25) is 14.6 Å². The molecule has 1 aliphatic carbocycles. The molecule has 2 aliphatic rings. The van der Waals surface area contributed by atoms with Crippen LogP contribution in [-0.4, -0.2) is 97.4 Å². The van der Waals surface area contributed by atoms with Gasteiger partial charge < -0.3 is 19.4 Å². The highest BCUT2D eigenvalue weighted by molar-refractivity contribution is 5.91. The average molecular weight is 697 g/mol. The van der Waals surface area contributed by atoms with E-state index in [0.29, 0.717) is 55.0 Å². The number of aromatic amines is 1. The number of rotatable bonds is 12. The van der Waals surface area contributed by atoms with E-state index < -0.39 is 17.6 Å². The van der Waals surface area contributed by atoms with E-state index in [4.69, 9.17) is 14.5 Å². The van der Waals surface area contributed by atoms with Gasteiger partial charge in [0.2, 0.25) is 0 Å². The fraction of sp³-hybridized carbons (Fsp3) is 0.486. The zero-order valence-corrected chi connectivity index (χ0v) is 28.9. The monoisotopic (exact) mass is 696 g/mol. The molecular weight excluding hydrogens is 652 g/mol. The quantitative estimate of drug-likeness (QED) is 0.126. The summed E-state index contributed by atoms with van der Waals surface area (Å²) in [6, 6.07) is 12.5. The Bertz CT molecular complexity index is 1800. The van der Waals surface area contributed by atoms with Crippen molar-refractivity contribution in [1.82, 2.24) is 24.8 Å². The second-order valence-electron chi connectivity index (χ2n) is 13.6. The van der Waals surface area contributed by atoms with Crippen LogP contribution in [0.4, 0.5) is 23.2 Å². The topological polar surface area (TPSA) is 86.8 Å². The number of aromatic nitrogens is 3. The SMILES string of the molecule is CCOC(=O)CN1CCN(C(C)c2ccc(-c3nc4nc(-c5cc(F)cc(C(F)(F)F)c5)cc(N(C)CC5(COC)CCC5)c4[nH]3)cc2)CC1. The van der Waals surface area contributed by atoms with E-state index in [1.807, 2.05) is 26.1 Å². The average Bonchev–Trinajstić information content (AvgIpc) is 3.51. The molecule has 0 bridgehead atoms. The molecule has 0 radical (unpaired) electrons. The van der Waals surface area contributed by atoms with Crippen LogP contribution in [0.1, 0.15) is 50.3 Å². The first kappa shape index (κ1) is 35.7. The Morgan fingerprint density at radius 3 is 2.38 bits per heavy atom. The Balaban J connectivity index is 1.28. The molecule has 1 aliphatic heterocycles. The van der Waals surface area contributed by atoms with Crippen LogP contribution in [0.15, 0.2) is 48.5 Å². The van der Waals surface area contributed by atoms with Crippen molar-refractivity contribution in [2.75, 3.05) is 71.5 Å². The van der Waals surface area contributed by atoms with Crippen molar-refractivity contribution in [3.8, 4) is 22.6 Å². The number of carbonyl (C=O) groups is 1. The van der Waals surface area contributed by atoms with Crippen molar-refractivity contribution in [3.63, 3.8) is 0 Å². The van der Waals surface area contributed by atoms with E-state index in [1.165, 1.54) is 0 Å². The van der Waals surface area contributed by atoms with E-state index in [-0.39, 0.29) is 28.7 Å². The molecule has 9 nitrogen and oxygen atoms in total. The number of piperazine rings is 1. The molecule has 1 saturated heterocycles. The third-order valence-electron chi connectivity index (χ3n) is 10.1.